The van der Waals surface area contributed by atoms with E-state index in [0.29, 0.717) is 16.8 Å². The zero-order valence-electron chi connectivity index (χ0n) is 19.5. The molecule has 2 amide bonds. The van der Waals surface area contributed by atoms with E-state index < -0.39 is 5.69 Å². The topological polar surface area (TPSA) is 102 Å². The molecule has 180 valence electrons. The summed E-state index contributed by atoms with van der Waals surface area (Å²) in [4.78, 5) is 51.4. The second-order valence-electron chi connectivity index (χ2n) is 9.85. The molecule has 0 spiro atoms. The summed E-state index contributed by atoms with van der Waals surface area (Å²) in [5, 5.41) is 7.81. The summed E-state index contributed by atoms with van der Waals surface area (Å²) in [5.41, 5.74) is -0.175. The molecule has 0 radical (unpaired) electrons. The van der Waals surface area contributed by atoms with Crippen molar-refractivity contribution in [1.29, 1.82) is 0 Å². The number of hydrogen-bond donors (Lipinski definition) is 2. The van der Waals surface area contributed by atoms with E-state index in [1.54, 1.807) is 11.4 Å². The van der Waals surface area contributed by atoms with E-state index in [1.165, 1.54) is 20.5 Å². The summed E-state index contributed by atoms with van der Waals surface area (Å²) in [6.45, 7) is 4.16. The normalized spacial score (nSPS) is 21.5. The van der Waals surface area contributed by atoms with Crippen LogP contribution in [0.25, 0.3) is 10.2 Å². The molecule has 2 aliphatic rings. The summed E-state index contributed by atoms with van der Waals surface area (Å²) in [7, 11) is 0. The minimum Gasteiger partial charge on any atom is -0.354 e. The molecular formula is C24H34N4O4S. The lowest BCUT2D eigenvalue weighted by Crippen LogP contribution is -2.45. The van der Waals surface area contributed by atoms with Crippen molar-refractivity contribution in [3.63, 3.8) is 0 Å². The summed E-state index contributed by atoms with van der Waals surface area (Å²) in [5.74, 6) is 0.0717. The van der Waals surface area contributed by atoms with Crippen LogP contribution in [0.3, 0.4) is 0 Å². The highest BCUT2D eigenvalue weighted by Gasteiger charge is 2.28. The molecule has 2 heterocycles. The standard InChI is InChI=1S/C24H34N4O4S/c1-15(2)25-22(30)17-9-7-16(8-10-17)13-28-23(31)21-19(11-12-33-21)27(24(28)32)14-20(29)26-18-5-3-4-6-18/h11-12,15-18H,3-10,13-14H2,1-2H3,(H,25,30)(H,26,29). The quantitative estimate of drug-likeness (QED) is 0.644. The number of carbonyl (C=O) groups is 2. The molecule has 2 aromatic heterocycles. The molecule has 0 unspecified atom stereocenters. The highest BCUT2D eigenvalue weighted by Crippen LogP contribution is 2.30. The average Bonchev–Trinajstić information content (AvgIpc) is 3.46. The Morgan fingerprint density at radius 1 is 1.06 bits per heavy atom. The van der Waals surface area contributed by atoms with E-state index in [-0.39, 0.29) is 47.8 Å². The first kappa shape index (κ1) is 23.7. The smallest absolute Gasteiger partial charge is 0.332 e. The molecule has 9 heteroatoms. The lowest BCUT2D eigenvalue weighted by molar-refractivity contribution is -0.126. The lowest BCUT2D eigenvalue weighted by Gasteiger charge is -2.28. The van der Waals surface area contributed by atoms with Gasteiger partial charge in [-0.05, 0) is 69.7 Å². The zero-order chi connectivity index (χ0) is 23.5. The van der Waals surface area contributed by atoms with Crippen LogP contribution in [-0.2, 0) is 22.7 Å². The molecule has 0 saturated heterocycles. The van der Waals surface area contributed by atoms with Gasteiger partial charge >= 0.3 is 5.69 Å². The number of carbonyl (C=O) groups excluding carboxylic acids is 2. The molecule has 0 aliphatic heterocycles. The number of fused-ring (bicyclic) bond motifs is 1. The fourth-order valence-electron chi connectivity index (χ4n) is 5.20. The highest BCUT2D eigenvalue weighted by molar-refractivity contribution is 7.17. The minimum absolute atomic E-state index is 0.00362. The van der Waals surface area contributed by atoms with E-state index >= 15 is 0 Å². The van der Waals surface area contributed by atoms with Gasteiger partial charge in [0, 0.05) is 24.5 Å². The molecule has 0 bridgehead atoms. The summed E-state index contributed by atoms with van der Waals surface area (Å²) >= 11 is 1.31. The third-order valence-electron chi connectivity index (χ3n) is 6.95. The molecule has 2 fully saturated rings. The van der Waals surface area contributed by atoms with Crippen LogP contribution in [0.1, 0.15) is 65.2 Å². The first-order valence-electron chi connectivity index (χ1n) is 12.1. The second-order valence-corrected chi connectivity index (χ2v) is 10.8. The van der Waals surface area contributed by atoms with Gasteiger partial charge in [0.15, 0.2) is 0 Å². The summed E-state index contributed by atoms with van der Waals surface area (Å²) in [6, 6.07) is 2.05. The number of amides is 2. The largest absolute Gasteiger partial charge is 0.354 e. The number of nitrogens with zero attached hydrogens (tertiary/aromatic N) is 2. The van der Waals surface area contributed by atoms with Crippen LogP contribution in [0, 0.1) is 11.8 Å². The van der Waals surface area contributed by atoms with Gasteiger partial charge in [0.05, 0.1) is 5.52 Å². The van der Waals surface area contributed by atoms with Crippen molar-refractivity contribution >= 4 is 33.4 Å². The van der Waals surface area contributed by atoms with Crippen LogP contribution in [0.5, 0.6) is 0 Å². The van der Waals surface area contributed by atoms with Gasteiger partial charge in [-0.25, -0.2) is 4.79 Å². The lowest BCUT2D eigenvalue weighted by atomic mass is 9.81. The Morgan fingerprint density at radius 2 is 1.76 bits per heavy atom. The predicted molar refractivity (Wildman–Crippen MR) is 129 cm³/mol. The van der Waals surface area contributed by atoms with Crippen LogP contribution in [0.4, 0.5) is 0 Å². The molecule has 0 atom stereocenters. The third kappa shape index (κ3) is 5.39. The third-order valence-corrected chi connectivity index (χ3v) is 7.84. The maximum absolute atomic E-state index is 13.3. The molecule has 2 N–H and O–H groups in total. The van der Waals surface area contributed by atoms with E-state index in [1.807, 2.05) is 13.8 Å². The molecule has 2 aromatic rings. The van der Waals surface area contributed by atoms with Gasteiger partial charge in [0.1, 0.15) is 11.2 Å². The average molecular weight is 475 g/mol. The van der Waals surface area contributed by atoms with Gasteiger partial charge in [-0.1, -0.05) is 12.8 Å². The van der Waals surface area contributed by atoms with Gasteiger partial charge in [-0.2, -0.15) is 0 Å². The maximum atomic E-state index is 13.3. The van der Waals surface area contributed by atoms with Gasteiger partial charge in [-0.15, -0.1) is 11.3 Å². The van der Waals surface area contributed by atoms with Crippen LogP contribution in [-0.4, -0.2) is 33.0 Å². The molecular weight excluding hydrogens is 440 g/mol. The van der Waals surface area contributed by atoms with Gasteiger partial charge in [0.2, 0.25) is 11.8 Å². The van der Waals surface area contributed by atoms with Crippen molar-refractivity contribution in [3.05, 3.63) is 32.3 Å². The predicted octanol–water partition coefficient (Wildman–Crippen LogP) is 2.61. The molecule has 33 heavy (non-hydrogen) atoms. The minimum atomic E-state index is -0.424. The van der Waals surface area contributed by atoms with Gasteiger partial charge in [0.25, 0.3) is 5.56 Å². The number of nitrogens with one attached hydrogen (secondary N) is 2. The fourth-order valence-corrected chi connectivity index (χ4v) is 6.04. The number of aromatic nitrogens is 2. The van der Waals surface area contributed by atoms with Gasteiger partial charge in [-0.3, -0.25) is 23.5 Å². The number of rotatable bonds is 7. The molecule has 8 nitrogen and oxygen atoms in total. The van der Waals surface area contributed by atoms with Crippen LogP contribution in [0.2, 0.25) is 0 Å². The Labute approximate surface area is 197 Å². The van der Waals surface area contributed by atoms with Crippen molar-refractivity contribution in [3.8, 4) is 0 Å². The van der Waals surface area contributed by atoms with E-state index in [9.17, 15) is 19.2 Å². The Morgan fingerprint density at radius 3 is 2.42 bits per heavy atom. The molecule has 0 aromatic carbocycles. The Kier molecular flexibility index (Phi) is 7.36. The van der Waals surface area contributed by atoms with Crippen molar-refractivity contribution in [2.75, 3.05) is 0 Å². The Bertz CT molecular complexity index is 1120. The Hall–Kier alpha value is -2.42. The van der Waals surface area contributed by atoms with Crippen LogP contribution >= 0.6 is 11.3 Å². The van der Waals surface area contributed by atoms with Crippen LogP contribution in [0.15, 0.2) is 21.0 Å². The molecule has 4 rings (SSSR count). The monoisotopic (exact) mass is 474 g/mol. The Balaban J connectivity index is 1.50. The fraction of sp³-hybridized carbons (Fsp3) is 0.667. The number of hydrogen-bond acceptors (Lipinski definition) is 5. The van der Waals surface area contributed by atoms with Crippen LogP contribution < -0.4 is 21.9 Å². The van der Waals surface area contributed by atoms with E-state index in [2.05, 4.69) is 10.6 Å². The maximum Gasteiger partial charge on any atom is 0.332 e. The van der Waals surface area contributed by atoms with Crippen molar-refractivity contribution in [1.82, 2.24) is 19.8 Å². The van der Waals surface area contributed by atoms with Crippen molar-refractivity contribution in [2.45, 2.75) is 90.4 Å². The van der Waals surface area contributed by atoms with Crippen molar-refractivity contribution < 1.29 is 9.59 Å². The van der Waals surface area contributed by atoms with E-state index in [0.717, 1.165) is 51.4 Å². The highest BCUT2D eigenvalue weighted by atomic mass is 32.1. The molecule has 2 saturated carbocycles. The number of thiophene rings is 1. The molecule has 2 aliphatic carbocycles. The van der Waals surface area contributed by atoms with Gasteiger partial charge < -0.3 is 10.6 Å². The first-order valence-corrected chi connectivity index (χ1v) is 13.0. The zero-order valence-corrected chi connectivity index (χ0v) is 20.3. The van der Waals surface area contributed by atoms with Crippen molar-refractivity contribution in [2.24, 2.45) is 11.8 Å². The van der Waals surface area contributed by atoms with E-state index in [4.69, 9.17) is 0 Å². The first-order chi connectivity index (χ1) is 15.8. The summed E-state index contributed by atoms with van der Waals surface area (Å²) in [6.07, 6.45) is 7.31. The SMILES string of the molecule is CC(C)NC(=O)C1CCC(Cn2c(=O)c3sccc3n(CC(=O)NC3CCCC3)c2=O)CC1. The second kappa shape index (κ2) is 10.2. The summed E-state index contributed by atoms with van der Waals surface area (Å²) < 4.78 is 3.26.